The van der Waals surface area contributed by atoms with Gasteiger partial charge in [0.2, 0.25) is 0 Å². The van der Waals surface area contributed by atoms with Crippen molar-refractivity contribution in [3.63, 3.8) is 0 Å². The van der Waals surface area contributed by atoms with E-state index in [1.165, 1.54) is 19.4 Å². The Bertz CT molecular complexity index is 664. The number of nitrogens with zero attached hydrogens (tertiary/aromatic N) is 2. The summed E-state index contributed by atoms with van der Waals surface area (Å²) < 4.78 is 16.1. The van der Waals surface area contributed by atoms with Crippen LogP contribution in [0.15, 0.2) is 18.2 Å². The summed E-state index contributed by atoms with van der Waals surface area (Å²) in [5.74, 6) is 2.18. The number of carbonyl (C=O) groups is 1. The number of carbonyl (C=O) groups excluding carboxylic acids is 1. The summed E-state index contributed by atoms with van der Waals surface area (Å²) in [6.45, 7) is 4.56. The van der Waals surface area contributed by atoms with Gasteiger partial charge >= 0.3 is 0 Å². The number of hydrogen-bond donors (Lipinski definition) is 0. The number of likely N-dealkylation sites (tertiary alicyclic amines) is 1. The van der Waals surface area contributed by atoms with Crippen molar-refractivity contribution >= 4 is 5.91 Å². The Balaban J connectivity index is 1.38. The second kappa shape index (κ2) is 8.07. The molecule has 2 saturated heterocycles. The molecule has 0 bridgehead atoms. The van der Waals surface area contributed by atoms with E-state index in [1.54, 1.807) is 26.4 Å². The van der Waals surface area contributed by atoms with Crippen LogP contribution in [0.3, 0.4) is 0 Å². The Kier molecular flexibility index (Phi) is 5.55. The van der Waals surface area contributed by atoms with E-state index in [9.17, 15) is 4.79 Å². The van der Waals surface area contributed by atoms with E-state index in [-0.39, 0.29) is 5.91 Å². The van der Waals surface area contributed by atoms with Gasteiger partial charge in [-0.2, -0.15) is 0 Å². The van der Waals surface area contributed by atoms with Crippen molar-refractivity contribution in [2.75, 3.05) is 47.1 Å². The predicted octanol–water partition coefficient (Wildman–Crippen LogP) is 2.42. The van der Waals surface area contributed by atoms with Gasteiger partial charge in [0, 0.05) is 50.5 Å². The molecule has 1 aromatic rings. The van der Waals surface area contributed by atoms with Gasteiger partial charge in [0.15, 0.2) is 11.5 Å². The number of amides is 1. The van der Waals surface area contributed by atoms with Crippen LogP contribution in [-0.4, -0.2) is 74.9 Å². The van der Waals surface area contributed by atoms with Crippen LogP contribution >= 0.6 is 0 Å². The molecule has 6 heteroatoms. The van der Waals surface area contributed by atoms with Crippen molar-refractivity contribution in [2.24, 2.45) is 5.92 Å². The molecule has 3 aliphatic rings. The molecule has 4 rings (SSSR count). The maximum atomic E-state index is 12.9. The van der Waals surface area contributed by atoms with Gasteiger partial charge < -0.3 is 19.1 Å². The van der Waals surface area contributed by atoms with Crippen molar-refractivity contribution in [2.45, 2.75) is 37.8 Å². The van der Waals surface area contributed by atoms with E-state index in [0.29, 0.717) is 29.1 Å². The Morgan fingerprint density at radius 3 is 2.41 bits per heavy atom. The fraction of sp³-hybridized carbons (Fsp3) is 0.667. The summed E-state index contributed by atoms with van der Waals surface area (Å²) >= 11 is 0. The topological polar surface area (TPSA) is 51.2 Å². The minimum atomic E-state index is 0.0746. The first kappa shape index (κ1) is 18.6. The number of methoxy groups -OCH3 is 2. The summed E-state index contributed by atoms with van der Waals surface area (Å²) in [5, 5.41) is 0. The largest absolute Gasteiger partial charge is 0.493 e. The molecule has 1 amide bonds. The van der Waals surface area contributed by atoms with Crippen molar-refractivity contribution < 1.29 is 19.0 Å². The zero-order chi connectivity index (χ0) is 18.8. The first-order chi connectivity index (χ1) is 13.2. The van der Waals surface area contributed by atoms with E-state index in [4.69, 9.17) is 14.2 Å². The molecule has 0 unspecified atom stereocenters. The van der Waals surface area contributed by atoms with Crippen LogP contribution in [-0.2, 0) is 4.74 Å². The lowest BCUT2D eigenvalue weighted by atomic mass is 9.98. The van der Waals surface area contributed by atoms with Gasteiger partial charge in [0.05, 0.1) is 14.2 Å². The van der Waals surface area contributed by atoms with E-state index in [2.05, 4.69) is 4.90 Å². The molecular formula is C21H30N2O4. The molecule has 0 aromatic heterocycles. The normalized spacial score (nSPS) is 21.2. The highest BCUT2D eigenvalue weighted by Gasteiger charge is 2.40. The number of benzene rings is 1. The smallest absolute Gasteiger partial charge is 0.254 e. The molecule has 1 aliphatic carbocycles. The molecule has 0 atom stereocenters. The number of ether oxygens (including phenoxy) is 3. The Morgan fingerprint density at radius 2 is 1.78 bits per heavy atom. The molecule has 0 spiro atoms. The van der Waals surface area contributed by atoms with E-state index >= 15 is 0 Å². The van der Waals surface area contributed by atoms with Crippen LogP contribution in [0.4, 0.5) is 0 Å². The summed E-state index contributed by atoms with van der Waals surface area (Å²) in [6.07, 6.45) is 4.96. The third-order valence-electron chi connectivity index (χ3n) is 6.07. The van der Waals surface area contributed by atoms with Crippen molar-refractivity contribution in [1.29, 1.82) is 0 Å². The first-order valence-electron chi connectivity index (χ1n) is 10.0. The molecule has 2 aliphatic heterocycles. The highest BCUT2D eigenvalue weighted by molar-refractivity contribution is 5.95. The Hall–Kier alpha value is -1.79. The molecule has 6 nitrogen and oxygen atoms in total. The highest BCUT2D eigenvalue weighted by Crippen LogP contribution is 2.34. The minimum absolute atomic E-state index is 0.0746. The molecule has 1 saturated carbocycles. The number of hydrogen-bond acceptors (Lipinski definition) is 5. The SMILES string of the molecule is COc1ccc(C(=O)N2CC(N(CC3CC3)C3CCOCC3)C2)cc1OC. The number of rotatable bonds is 7. The first-order valence-corrected chi connectivity index (χ1v) is 10.0. The fourth-order valence-corrected chi connectivity index (χ4v) is 4.19. The predicted molar refractivity (Wildman–Crippen MR) is 103 cm³/mol. The van der Waals surface area contributed by atoms with Crippen LogP contribution in [0.2, 0.25) is 0 Å². The fourth-order valence-electron chi connectivity index (χ4n) is 4.19. The average Bonchev–Trinajstić information content (AvgIpc) is 3.50. The van der Waals surface area contributed by atoms with E-state index in [1.807, 2.05) is 11.0 Å². The van der Waals surface area contributed by atoms with Gasteiger partial charge in [-0.25, -0.2) is 0 Å². The maximum Gasteiger partial charge on any atom is 0.254 e. The lowest BCUT2D eigenvalue weighted by Crippen LogP contribution is -2.64. The second-order valence-corrected chi connectivity index (χ2v) is 7.92. The summed E-state index contributed by atoms with van der Waals surface area (Å²) in [5.41, 5.74) is 0.658. The molecule has 3 fully saturated rings. The van der Waals surface area contributed by atoms with Crippen molar-refractivity contribution in [1.82, 2.24) is 9.80 Å². The maximum absolute atomic E-state index is 12.9. The summed E-state index contributed by atoms with van der Waals surface area (Å²) in [6, 6.07) is 6.48. The van der Waals surface area contributed by atoms with Crippen LogP contribution in [0.25, 0.3) is 0 Å². The Labute approximate surface area is 161 Å². The van der Waals surface area contributed by atoms with E-state index in [0.717, 1.165) is 45.1 Å². The van der Waals surface area contributed by atoms with Crippen molar-refractivity contribution in [3.8, 4) is 11.5 Å². The zero-order valence-corrected chi connectivity index (χ0v) is 16.4. The van der Waals surface area contributed by atoms with Crippen LogP contribution < -0.4 is 9.47 Å². The Morgan fingerprint density at radius 1 is 1.07 bits per heavy atom. The lowest BCUT2D eigenvalue weighted by Gasteiger charge is -2.49. The zero-order valence-electron chi connectivity index (χ0n) is 16.4. The lowest BCUT2D eigenvalue weighted by molar-refractivity contribution is -0.0267. The average molecular weight is 374 g/mol. The van der Waals surface area contributed by atoms with Crippen LogP contribution in [0.5, 0.6) is 11.5 Å². The second-order valence-electron chi connectivity index (χ2n) is 7.92. The monoisotopic (exact) mass is 374 g/mol. The van der Waals surface area contributed by atoms with Gasteiger partial charge in [0.1, 0.15) is 0 Å². The standard InChI is InChI=1S/C21H30N2O4/c1-25-19-6-5-16(11-20(19)26-2)21(24)22-13-18(14-22)23(12-15-3-4-15)17-7-9-27-10-8-17/h5-6,11,15,17-18H,3-4,7-10,12-14H2,1-2H3. The molecular weight excluding hydrogens is 344 g/mol. The van der Waals surface area contributed by atoms with Gasteiger partial charge in [0.25, 0.3) is 5.91 Å². The summed E-state index contributed by atoms with van der Waals surface area (Å²) in [7, 11) is 3.19. The highest BCUT2D eigenvalue weighted by atomic mass is 16.5. The van der Waals surface area contributed by atoms with Crippen molar-refractivity contribution in [3.05, 3.63) is 23.8 Å². The molecule has 0 N–H and O–H groups in total. The van der Waals surface area contributed by atoms with Crippen LogP contribution in [0, 0.1) is 5.92 Å². The molecule has 1 aromatic carbocycles. The third kappa shape index (κ3) is 4.06. The van der Waals surface area contributed by atoms with Gasteiger partial charge in [-0.05, 0) is 49.8 Å². The summed E-state index contributed by atoms with van der Waals surface area (Å²) in [4.78, 5) is 17.5. The molecule has 148 valence electrons. The minimum Gasteiger partial charge on any atom is -0.493 e. The quantitative estimate of drug-likeness (QED) is 0.734. The van der Waals surface area contributed by atoms with E-state index < -0.39 is 0 Å². The molecule has 27 heavy (non-hydrogen) atoms. The third-order valence-corrected chi connectivity index (χ3v) is 6.07. The van der Waals surface area contributed by atoms with Crippen LogP contribution in [0.1, 0.15) is 36.0 Å². The molecule has 2 heterocycles. The van der Waals surface area contributed by atoms with Gasteiger partial charge in [-0.1, -0.05) is 0 Å². The molecule has 0 radical (unpaired) electrons. The van der Waals surface area contributed by atoms with Gasteiger partial charge in [-0.3, -0.25) is 9.69 Å². The van der Waals surface area contributed by atoms with Gasteiger partial charge in [-0.15, -0.1) is 0 Å².